The van der Waals surface area contributed by atoms with Crippen LogP contribution in [0.3, 0.4) is 0 Å². The van der Waals surface area contributed by atoms with Gasteiger partial charge in [-0.1, -0.05) is 28.1 Å². The predicted molar refractivity (Wildman–Crippen MR) is 89.2 cm³/mol. The van der Waals surface area contributed by atoms with Crippen molar-refractivity contribution in [1.29, 1.82) is 0 Å². The van der Waals surface area contributed by atoms with Crippen molar-refractivity contribution in [2.75, 3.05) is 0 Å². The van der Waals surface area contributed by atoms with E-state index in [9.17, 15) is 14.9 Å². The van der Waals surface area contributed by atoms with Crippen LogP contribution in [0.1, 0.15) is 30.9 Å². The molecule has 1 aliphatic rings. The fourth-order valence-corrected chi connectivity index (χ4v) is 2.73. The van der Waals surface area contributed by atoms with Gasteiger partial charge in [-0.2, -0.15) is 5.10 Å². The van der Waals surface area contributed by atoms with Gasteiger partial charge in [0, 0.05) is 10.4 Å². The number of carbonyl (C=O) groups excluding carboxylic acids is 1. The highest BCUT2D eigenvalue weighted by Crippen LogP contribution is 2.43. The number of nitrogens with zero attached hydrogens (tertiary/aromatic N) is 3. The quantitative estimate of drug-likeness (QED) is 0.407. The van der Waals surface area contributed by atoms with Crippen molar-refractivity contribution in [3.8, 4) is 0 Å². The van der Waals surface area contributed by atoms with Gasteiger partial charge in [0.25, 0.3) is 0 Å². The Hall–Kier alpha value is -2.22. The highest BCUT2D eigenvalue weighted by molar-refractivity contribution is 9.10. The van der Waals surface area contributed by atoms with E-state index >= 15 is 0 Å². The van der Waals surface area contributed by atoms with Crippen molar-refractivity contribution in [1.82, 2.24) is 9.78 Å². The topological polar surface area (TPSA) is 87.3 Å². The number of aryl methyl sites for hydroxylation is 1. The molecule has 1 fully saturated rings. The second-order valence-corrected chi connectivity index (χ2v) is 6.68. The molecule has 1 aromatic carbocycles. The standard InChI is InChI=1S/C16H16BrN3O4/c17-13-5-3-12(4-6-13)16(11-1-2-11)24-15(21)7-8-19-10-14(9-18-19)20(22)23/h3-6,9-11,16H,1-2,7-8H2. The van der Waals surface area contributed by atoms with E-state index in [2.05, 4.69) is 21.0 Å². The van der Waals surface area contributed by atoms with Crippen molar-refractivity contribution in [3.05, 3.63) is 56.8 Å². The first-order chi connectivity index (χ1) is 11.5. The molecular formula is C16H16BrN3O4. The van der Waals surface area contributed by atoms with Crippen LogP contribution in [0.5, 0.6) is 0 Å². The van der Waals surface area contributed by atoms with Crippen LogP contribution in [0.25, 0.3) is 0 Å². The average molecular weight is 394 g/mol. The Labute approximate surface area is 146 Å². The number of hydrogen-bond acceptors (Lipinski definition) is 5. The lowest BCUT2D eigenvalue weighted by Gasteiger charge is -2.18. The molecule has 0 radical (unpaired) electrons. The number of rotatable bonds is 7. The summed E-state index contributed by atoms with van der Waals surface area (Å²) in [7, 11) is 0. The summed E-state index contributed by atoms with van der Waals surface area (Å²) in [4.78, 5) is 22.2. The summed E-state index contributed by atoms with van der Waals surface area (Å²) in [6.07, 6.45) is 4.48. The van der Waals surface area contributed by atoms with Crippen LogP contribution in [0.15, 0.2) is 41.1 Å². The minimum atomic E-state index is -0.515. The Balaban J connectivity index is 1.57. The molecule has 0 aliphatic heterocycles. The third-order valence-corrected chi connectivity index (χ3v) is 4.41. The lowest BCUT2D eigenvalue weighted by Crippen LogP contribution is -2.15. The molecule has 0 bridgehead atoms. The van der Waals surface area contributed by atoms with Crippen LogP contribution in [-0.4, -0.2) is 20.7 Å². The van der Waals surface area contributed by atoms with E-state index in [1.54, 1.807) is 0 Å². The van der Waals surface area contributed by atoms with Crippen molar-refractivity contribution >= 4 is 27.6 Å². The molecule has 1 aromatic heterocycles. The van der Waals surface area contributed by atoms with E-state index in [0.29, 0.717) is 5.92 Å². The van der Waals surface area contributed by atoms with Crippen molar-refractivity contribution in [2.45, 2.75) is 31.9 Å². The minimum Gasteiger partial charge on any atom is -0.457 e. The number of aromatic nitrogens is 2. The van der Waals surface area contributed by atoms with Gasteiger partial charge >= 0.3 is 11.7 Å². The van der Waals surface area contributed by atoms with Gasteiger partial charge in [-0.3, -0.25) is 19.6 Å². The number of hydrogen-bond donors (Lipinski definition) is 0. The zero-order valence-corrected chi connectivity index (χ0v) is 14.4. The number of nitro groups is 1. The van der Waals surface area contributed by atoms with E-state index in [1.165, 1.54) is 17.1 Å². The molecule has 0 saturated heterocycles. The first kappa shape index (κ1) is 16.6. The normalized spacial score (nSPS) is 15.0. The molecule has 3 rings (SSSR count). The van der Waals surface area contributed by atoms with Crippen LogP contribution in [0.4, 0.5) is 5.69 Å². The number of halogens is 1. The van der Waals surface area contributed by atoms with E-state index in [4.69, 9.17) is 4.74 Å². The monoisotopic (exact) mass is 393 g/mol. The highest BCUT2D eigenvalue weighted by atomic mass is 79.9. The molecule has 8 heteroatoms. The molecule has 7 nitrogen and oxygen atoms in total. The number of ether oxygens (including phenoxy) is 1. The van der Waals surface area contributed by atoms with Crippen molar-refractivity contribution < 1.29 is 14.5 Å². The summed E-state index contributed by atoms with van der Waals surface area (Å²) in [6.45, 7) is 0.254. The maximum atomic E-state index is 12.1. The first-order valence-corrected chi connectivity index (χ1v) is 8.44. The SMILES string of the molecule is O=C(CCn1cc([N+](=O)[O-])cn1)OC(c1ccc(Br)cc1)C1CC1. The smallest absolute Gasteiger partial charge is 0.308 e. The fraction of sp³-hybridized carbons (Fsp3) is 0.375. The summed E-state index contributed by atoms with van der Waals surface area (Å²) in [5.74, 6) is 0.0499. The van der Waals surface area contributed by atoms with Gasteiger partial charge in [0.05, 0.1) is 17.9 Å². The molecule has 24 heavy (non-hydrogen) atoms. The van der Waals surface area contributed by atoms with Gasteiger partial charge in [-0.25, -0.2) is 0 Å². The second kappa shape index (κ2) is 7.12. The summed E-state index contributed by atoms with van der Waals surface area (Å²) < 4.78 is 8.01. The molecule has 126 valence electrons. The molecule has 1 atom stereocenters. The minimum absolute atomic E-state index is 0.0888. The zero-order valence-electron chi connectivity index (χ0n) is 12.8. The molecule has 1 unspecified atom stereocenters. The Kier molecular flexibility index (Phi) is 4.94. The lowest BCUT2D eigenvalue weighted by molar-refractivity contribution is -0.385. The second-order valence-electron chi connectivity index (χ2n) is 5.77. The zero-order chi connectivity index (χ0) is 17.1. The number of benzene rings is 1. The lowest BCUT2D eigenvalue weighted by atomic mass is 10.1. The Morgan fingerprint density at radius 3 is 2.71 bits per heavy atom. The predicted octanol–water partition coefficient (Wildman–Crippen LogP) is 3.64. The molecule has 0 spiro atoms. The molecular weight excluding hydrogens is 378 g/mol. The third kappa shape index (κ3) is 4.19. The van der Waals surface area contributed by atoms with Crippen LogP contribution in [0, 0.1) is 16.0 Å². The Morgan fingerprint density at radius 2 is 2.12 bits per heavy atom. The highest BCUT2D eigenvalue weighted by Gasteiger charge is 2.35. The Bertz CT molecular complexity index is 740. The summed E-state index contributed by atoms with van der Waals surface area (Å²) in [6, 6.07) is 7.78. The van der Waals surface area contributed by atoms with Crippen LogP contribution >= 0.6 is 15.9 Å². The molecule has 0 N–H and O–H groups in total. The third-order valence-electron chi connectivity index (χ3n) is 3.88. The molecule has 2 aromatic rings. The van der Waals surface area contributed by atoms with Crippen molar-refractivity contribution in [2.24, 2.45) is 5.92 Å². The van der Waals surface area contributed by atoms with E-state index < -0.39 is 4.92 Å². The largest absolute Gasteiger partial charge is 0.457 e. The maximum Gasteiger partial charge on any atom is 0.308 e. The molecule has 1 aliphatic carbocycles. The van der Waals surface area contributed by atoms with Gasteiger partial charge in [0.15, 0.2) is 0 Å². The van der Waals surface area contributed by atoms with Gasteiger partial charge in [0.1, 0.15) is 18.5 Å². The maximum absolute atomic E-state index is 12.1. The van der Waals surface area contributed by atoms with Gasteiger partial charge in [-0.05, 0) is 30.5 Å². The van der Waals surface area contributed by atoms with Gasteiger partial charge in [-0.15, -0.1) is 0 Å². The van der Waals surface area contributed by atoms with Crippen molar-refractivity contribution in [3.63, 3.8) is 0 Å². The molecule has 1 saturated carbocycles. The molecule has 1 heterocycles. The number of carbonyl (C=O) groups is 1. The van der Waals surface area contributed by atoms with Crippen LogP contribution in [-0.2, 0) is 16.1 Å². The summed E-state index contributed by atoms with van der Waals surface area (Å²) in [5, 5.41) is 14.5. The summed E-state index contributed by atoms with van der Waals surface area (Å²) in [5.41, 5.74) is 0.901. The number of esters is 1. The fourth-order valence-electron chi connectivity index (χ4n) is 2.46. The van der Waals surface area contributed by atoms with E-state index in [0.717, 1.165) is 22.9 Å². The Morgan fingerprint density at radius 1 is 1.42 bits per heavy atom. The van der Waals surface area contributed by atoms with Crippen LogP contribution in [0.2, 0.25) is 0 Å². The first-order valence-electron chi connectivity index (χ1n) is 7.65. The van der Waals surface area contributed by atoms with E-state index in [-0.39, 0.29) is 30.7 Å². The van der Waals surface area contributed by atoms with E-state index in [1.807, 2.05) is 24.3 Å². The average Bonchev–Trinajstić information content (AvgIpc) is 3.28. The summed E-state index contributed by atoms with van der Waals surface area (Å²) >= 11 is 3.40. The van der Waals surface area contributed by atoms with Gasteiger partial charge < -0.3 is 4.74 Å². The molecule has 0 amide bonds. The van der Waals surface area contributed by atoms with Crippen LogP contribution < -0.4 is 0 Å². The van der Waals surface area contributed by atoms with Gasteiger partial charge in [0.2, 0.25) is 0 Å².